The first-order chi connectivity index (χ1) is 16.6. The number of benzene rings is 2. The molecule has 0 spiro atoms. The zero-order chi connectivity index (χ0) is 23.9. The highest BCUT2D eigenvalue weighted by molar-refractivity contribution is 7.09. The Morgan fingerprint density at radius 3 is 2.65 bits per heavy atom. The number of para-hydroxylation sites is 1. The Kier molecular flexibility index (Phi) is 7.59. The van der Waals surface area contributed by atoms with Crippen LogP contribution in [0.1, 0.15) is 29.7 Å². The normalized spacial score (nSPS) is 11.0. The molecule has 0 fully saturated rings. The smallest absolute Gasteiger partial charge is 0.331 e. The van der Waals surface area contributed by atoms with Crippen molar-refractivity contribution in [1.29, 1.82) is 0 Å². The minimum absolute atomic E-state index is 0.0327. The Morgan fingerprint density at radius 2 is 1.85 bits per heavy atom. The highest BCUT2D eigenvalue weighted by Gasteiger charge is 2.13. The summed E-state index contributed by atoms with van der Waals surface area (Å²) in [5.41, 5.74) is 0.849. The van der Waals surface area contributed by atoms with Crippen LogP contribution in [-0.2, 0) is 24.4 Å². The summed E-state index contributed by atoms with van der Waals surface area (Å²) < 4.78 is 8.21. The molecule has 2 aromatic heterocycles. The van der Waals surface area contributed by atoms with Gasteiger partial charge < -0.3 is 10.1 Å². The molecule has 4 aromatic rings. The van der Waals surface area contributed by atoms with Crippen molar-refractivity contribution in [2.24, 2.45) is 0 Å². The van der Waals surface area contributed by atoms with E-state index in [2.05, 4.69) is 5.32 Å². The van der Waals surface area contributed by atoms with Gasteiger partial charge in [0.05, 0.1) is 31.1 Å². The van der Waals surface area contributed by atoms with E-state index in [9.17, 15) is 14.4 Å². The van der Waals surface area contributed by atoms with Crippen molar-refractivity contribution in [1.82, 2.24) is 14.5 Å². The monoisotopic (exact) mass is 477 g/mol. The van der Waals surface area contributed by atoms with E-state index in [4.69, 9.17) is 4.74 Å². The number of methoxy groups -OCH3 is 1. The van der Waals surface area contributed by atoms with E-state index >= 15 is 0 Å². The number of thiophene rings is 1. The van der Waals surface area contributed by atoms with E-state index in [0.717, 1.165) is 10.4 Å². The first-order valence-corrected chi connectivity index (χ1v) is 12.1. The maximum atomic E-state index is 13.3. The lowest BCUT2D eigenvalue weighted by Gasteiger charge is -2.14. The lowest BCUT2D eigenvalue weighted by Crippen LogP contribution is -2.40. The summed E-state index contributed by atoms with van der Waals surface area (Å²) in [7, 11) is 1.60. The standard InChI is InChI=1S/C26H27N3O4S/c1-33-20-9-6-8-19(16-20)18-29-23-12-3-2-11-22(23)25(31)28(26(29)32)14-5-4-13-24(30)27-17-21-10-7-15-34-21/h2-3,6-12,15-16H,4-5,13-14,17-18H2,1H3,(H,27,30). The average Bonchev–Trinajstić information content (AvgIpc) is 3.39. The van der Waals surface area contributed by atoms with Gasteiger partial charge in [-0.05, 0) is 54.1 Å². The van der Waals surface area contributed by atoms with Crippen molar-refractivity contribution in [3.8, 4) is 5.75 Å². The van der Waals surface area contributed by atoms with E-state index in [0.29, 0.717) is 49.0 Å². The fourth-order valence-corrected chi connectivity index (χ4v) is 4.56. The molecule has 176 valence electrons. The summed E-state index contributed by atoms with van der Waals surface area (Å²) in [6.45, 7) is 1.11. The molecular formula is C26H27N3O4S. The second kappa shape index (κ2) is 11.0. The predicted molar refractivity (Wildman–Crippen MR) is 135 cm³/mol. The molecule has 34 heavy (non-hydrogen) atoms. The number of fused-ring (bicyclic) bond motifs is 1. The number of carbonyl (C=O) groups is 1. The van der Waals surface area contributed by atoms with E-state index < -0.39 is 0 Å². The molecule has 1 amide bonds. The van der Waals surface area contributed by atoms with E-state index in [1.165, 1.54) is 4.57 Å². The molecule has 2 aromatic carbocycles. The quantitative estimate of drug-likeness (QED) is 0.353. The molecule has 0 aliphatic carbocycles. The topological polar surface area (TPSA) is 82.3 Å². The molecule has 2 heterocycles. The molecule has 0 aliphatic heterocycles. The van der Waals surface area contributed by atoms with Gasteiger partial charge in [-0.15, -0.1) is 11.3 Å². The summed E-state index contributed by atoms with van der Waals surface area (Å²) in [4.78, 5) is 39.6. The fourth-order valence-electron chi connectivity index (χ4n) is 3.92. The largest absolute Gasteiger partial charge is 0.497 e. The Labute approximate surface area is 201 Å². The van der Waals surface area contributed by atoms with Gasteiger partial charge in [0.15, 0.2) is 0 Å². The van der Waals surface area contributed by atoms with Crippen LogP contribution in [0.3, 0.4) is 0 Å². The molecule has 8 heteroatoms. The van der Waals surface area contributed by atoms with Gasteiger partial charge in [-0.3, -0.25) is 18.7 Å². The average molecular weight is 478 g/mol. The minimum Gasteiger partial charge on any atom is -0.497 e. The van der Waals surface area contributed by atoms with Crippen LogP contribution in [0.5, 0.6) is 5.75 Å². The van der Waals surface area contributed by atoms with Crippen molar-refractivity contribution in [2.75, 3.05) is 7.11 Å². The molecule has 0 aliphatic rings. The second-order valence-electron chi connectivity index (χ2n) is 8.01. The number of unbranched alkanes of at least 4 members (excludes halogenated alkanes) is 1. The molecule has 1 N–H and O–H groups in total. The SMILES string of the molecule is COc1cccc(Cn2c(=O)n(CCCCC(=O)NCc3cccs3)c(=O)c3ccccc32)c1. The van der Waals surface area contributed by atoms with Gasteiger partial charge in [-0.25, -0.2) is 4.79 Å². The van der Waals surface area contributed by atoms with Crippen LogP contribution >= 0.6 is 11.3 Å². The zero-order valence-electron chi connectivity index (χ0n) is 19.0. The van der Waals surface area contributed by atoms with Gasteiger partial charge in [0.25, 0.3) is 5.56 Å². The van der Waals surface area contributed by atoms with Gasteiger partial charge in [0, 0.05) is 17.8 Å². The van der Waals surface area contributed by atoms with Crippen LogP contribution in [-0.4, -0.2) is 22.2 Å². The maximum Gasteiger partial charge on any atom is 0.331 e. The number of nitrogens with one attached hydrogen (secondary N) is 1. The molecule has 0 bridgehead atoms. The molecule has 0 radical (unpaired) electrons. The molecular weight excluding hydrogens is 450 g/mol. The molecule has 0 unspecified atom stereocenters. The van der Waals surface area contributed by atoms with Crippen molar-refractivity contribution < 1.29 is 9.53 Å². The summed E-state index contributed by atoms with van der Waals surface area (Å²) in [6, 6.07) is 18.6. The van der Waals surface area contributed by atoms with Crippen LogP contribution in [0.25, 0.3) is 10.9 Å². The maximum absolute atomic E-state index is 13.3. The van der Waals surface area contributed by atoms with Crippen molar-refractivity contribution >= 4 is 28.1 Å². The number of hydrogen-bond acceptors (Lipinski definition) is 5. The van der Waals surface area contributed by atoms with E-state index in [1.54, 1.807) is 41.2 Å². The Balaban J connectivity index is 1.49. The van der Waals surface area contributed by atoms with Crippen LogP contribution < -0.4 is 21.3 Å². The first kappa shape index (κ1) is 23.5. The van der Waals surface area contributed by atoms with Gasteiger partial charge in [-0.1, -0.05) is 30.3 Å². The lowest BCUT2D eigenvalue weighted by atomic mass is 10.2. The van der Waals surface area contributed by atoms with Crippen LogP contribution in [0.4, 0.5) is 0 Å². The minimum atomic E-state index is -0.353. The highest BCUT2D eigenvalue weighted by Crippen LogP contribution is 2.15. The summed E-state index contributed by atoms with van der Waals surface area (Å²) in [5.74, 6) is 0.676. The summed E-state index contributed by atoms with van der Waals surface area (Å²) in [6.07, 6.45) is 1.50. The number of carbonyl (C=O) groups excluding carboxylic acids is 1. The van der Waals surface area contributed by atoms with Crippen molar-refractivity contribution in [3.05, 3.63) is 97.3 Å². The highest BCUT2D eigenvalue weighted by atomic mass is 32.1. The number of aromatic nitrogens is 2. The number of nitrogens with zero attached hydrogens (tertiary/aromatic N) is 2. The second-order valence-corrected chi connectivity index (χ2v) is 9.04. The molecule has 0 atom stereocenters. The number of amides is 1. The fraction of sp³-hybridized carbons (Fsp3) is 0.269. The van der Waals surface area contributed by atoms with Gasteiger partial charge in [0.2, 0.25) is 5.91 Å². The van der Waals surface area contributed by atoms with E-state index in [1.807, 2.05) is 47.8 Å². The van der Waals surface area contributed by atoms with Crippen molar-refractivity contribution in [3.63, 3.8) is 0 Å². The third-order valence-corrected chi connectivity index (χ3v) is 6.56. The van der Waals surface area contributed by atoms with Crippen LogP contribution in [0, 0.1) is 0 Å². The van der Waals surface area contributed by atoms with Crippen molar-refractivity contribution in [2.45, 2.75) is 38.9 Å². The Hall–Kier alpha value is -3.65. The third-order valence-electron chi connectivity index (χ3n) is 5.68. The van der Waals surface area contributed by atoms with Gasteiger partial charge in [-0.2, -0.15) is 0 Å². The van der Waals surface area contributed by atoms with Gasteiger partial charge >= 0.3 is 5.69 Å². The Morgan fingerprint density at radius 1 is 1.00 bits per heavy atom. The molecule has 0 saturated heterocycles. The number of ether oxygens (including phenoxy) is 1. The Bertz CT molecular complexity index is 1390. The number of hydrogen-bond donors (Lipinski definition) is 1. The molecule has 7 nitrogen and oxygen atoms in total. The first-order valence-electron chi connectivity index (χ1n) is 11.2. The lowest BCUT2D eigenvalue weighted by molar-refractivity contribution is -0.121. The zero-order valence-corrected chi connectivity index (χ0v) is 19.8. The molecule has 0 saturated carbocycles. The number of rotatable bonds is 10. The van der Waals surface area contributed by atoms with Crippen LogP contribution in [0.2, 0.25) is 0 Å². The van der Waals surface area contributed by atoms with E-state index in [-0.39, 0.29) is 23.7 Å². The van der Waals surface area contributed by atoms with Gasteiger partial charge in [0.1, 0.15) is 5.75 Å². The predicted octanol–water partition coefficient (Wildman–Crippen LogP) is 3.77. The third kappa shape index (κ3) is 5.46. The molecule has 4 rings (SSSR count). The summed E-state index contributed by atoms with van der Waals surface area (Å²) in [5, 5.41) is 5.38. The summed E-state index contributed by atoms with van der Waals surface area (Å²) >= 11 is 1.60. The van der Waals surface area contributed by atoms with Crippen LogP contribution in [0.15, 0.2) is 75.6 Å².